The van der Waals surface area contributed by atoms with E-state index in [-0.39, 0.29) is 5.91 Å². The first kappa shape index (κ1) is 21.4. The van der Waals surface area contributed by atoms with Crippen LogP contribution in [0.3, 0.4) is 0 Å². The van der Waals surface area contributed by atoms with E-state index in [1.54, 1.807) is 18.6 Å². The Kier molecular flexibility index (Phi) is 6.03. The van der Waals surface area contributed by atoms with E-state index in [0.29, 0.717) is 18.5 Å². The van der Waals surface area contributed by atoms with Gasteiger partial charge in [-0.05, 0) is 47.0 Å². The highest BCUT2D eigenvalue weighted by Crippen LogP contribution is 2.35. The van der Waals surface area contributed by atoms with Crippen molar-refractivity contribution in [3.63, 3.8) is 0 Å². The van der Waals surface area contributed by atoms with Gasteiger partial charge in [-0.3, -0.25) is 9.78 Å². The highest BCUT2D eigenvalue weighted by atomic mass is 16.1. The Balaban J connectivity index is 1.36. The van der Waals surface area contributed by atoms with Crippen LogP contribution in [-0.4, -0.2) is 32.0 Å². The molecule has 0 radical (unpaired) electrons. The van der Waals surface area contributed by atoms with Crippen LogP contribution in [0.5, 0.6) is 0 Å². The monoisotopic (exact) mass is 447 g/mol. The molecule has 2 N–H and O–H groups in total. The van der Waals surface area contributed by atoms with Crippen LogP contribution in [0, 0.1) is 0 Å². The number of hydrogen-bond acceptors (Lipinski definition) is 3. The fourth-order valence-corrected chi connectivity index (χ4v) is 4.03. The molecule has 0 aliphatic rings. The number of imidazole rings is 1. The van der Waals surface area contributed by atoms with Gasteiger partial charge >= 0.3 is 0 Å². The lowest BCUT2D eigenvalue weighted by molar-refractivity contribution is 0.0954. The van der Waals surface area contributed by atoms with E-state index < -0.39 is 0 Å². The van der Waals surface area contributed by atoms with Crippen LogP contribution in [0.2, 0.25) is 0 Å². The Morgan fingerprint density at radius 3 is 2.38 bits per heavy atom. The second-order valence-corrected chi connectivity index (χ2v) is 8.11. The van der Waals surface area contributed by atoms with Crippen molar-refractivity contribution in [2.45, 2.75) is 6.42 Å². The number of aromatic amines is 1. The summed E-state index contributed by atoms with van der Waals surface area (Å²) in [7, 11) is 1.95. The lowest BCUT2D eigenvalue weighted by Gasteiger charge is -2.06. The van der Waals surface area contributed by atoms with Crippen molar-refractivity contribution >= 4 is 5.91 Å². The van der Waals surface area contributed by atoms with Crippen molar-refractivity contribution in [2.24, 2.45) is 7.05 Å². The zero-order valence-electron chi connectivity index (χ0n) is 18.9. The summed E-state index contributed by atoms with van der Waals surface area (Å²) in [5, 5.41) is 2.97. The second kappa shape index (κ2) is 9.58. The summed E-state index contributed by atoms with van der Waals surface area (Å²) in [5.41, 5.74) is 7.02. The molecule has 5 rings (SSSR count). The van der Waals surface area contributed by atoms with Crippen LogP contribution in [0.1, 0.15) is 16.2 Å². The summed E-state index contributed by atoms with van der Waals surface area (Å²) in [6, 6.07) is 24.1. The predicted octanol–water partition coefficient (Wildman–Crippen LogP) is 5.12. The van der Waals surface area contributed by atoms with Crippen molar-refractivity contribution in [3.8, 4) is 33.6 Å². The first-order valence-electron chi connectivity index (χ1n) is 11.2. The van der Waals surface area contributed by atoms with Crippen LogP contribution >= 0.6 is 0 Å². The zero-order valence-corrected chi connectivity index (χ0v) is 18.9. The molecule has 0 aliphatic carbocycles. The molecule has 3 heterocycles. The third kappa shape index (κ3) is 4.52. The van der Waals surface area contributed by atoms with E-state index in [2.05, 4.69) is 38.5 Å². The fourth-order valence-electron chi connectivity index (χ4n) is 4.03. The van der Waals surface area contributed by atoms with E-state index in [1.807, 2.05) is 72.4 Å². The third-order valence-corrected chi connectivity index (χ3v) is 5.88. The average molecular weight is 448 g/mol. The molecule has 1 amide bonds. The summed E-state index contributed by atoms with van der Waals surface area (Å²) >= 11 is 0. The van der Waals surface area contributed by atoms with Crippen LogP contribution in [-0.2, 0) is 13.5 Å². The molecule has 0 spiro atoms. The fraction of sp³-hybridized carbons (Fsp3) is 0.107. The quantitative estimate of drug-likeness (QED) is 0.364. The van der Waals surface area contributed by atoms with Crippen molar-refractivity contribution in [1.82, 2.24) is 24.8 Å². The molecule has 0 fully saturated rings. The lowest BCUT2D eigenvalue weighted by Crippen LogP contribution is -2.26. The largest absolute Gasteiger partial charge is 0.354 e. The Morgan fingerprint density at radius 2 is 1.68 bits per heavy atom. The molecule has 6 nitrogen and oxygen atoms in total. The predicted molar refractivity (Wildman–Crippen MR) is 134 cm³/mol. The number of nitrogens with one attached hydrogen (secondary N) is 2. The topological polar surface area (TPSA) is 75.6 Å². The molecule has 0 atom stereocenters. The van der Waals surface area contributed by atoms with Gasteiger partial charge < -0.3 is 14.9 Å². The van der Waals surface area contributed by atoms with Gasteiger partial charge in [0.2, 0.25) is 0 Å². The van der Waals surface area contributed by atoms with Gasteiger partial charge in [0.15, 0.2) is 0 Å². The molecular weight excluding hydrogens is 422 g/mol. The number of aryl methyl sites for hydroxylation is 1. The maximum absolute atomic E-state index is 12.6. The van der Waals surface area contributed by atoms with E-state index in [1.165, 1.54) is 0 Å². The summed E-state index contributed by atoms with van der Waals surface area (Å²) < 4.78 is 1.96. The molecule has 0 bridgehead atoms. The molecule has 0 saturated carbocycles. The Morgan fingerprint density at radius 1 is 0.912 bits per heavy atom. The van der Waals surface area contributed by atoms with Crippen molar-refractivity contribution in [3.05, 3.63) is 109 Å². The summed E-state index contributed by atoms with van der Waals surface area (Å²) in [4.78, 5) is 24.6. The highest BCUT2D eigenvalue weighted by Gasteiger charge is 2.14. The van der Waals surface area contributed by atoms with E-state index in [0.717, 1.165) is 39.5 Å². The van der Waals surface area contributed by atoms with E-state index in [9.17, 15) is 4.79 Å². The normalized spacial score (nSPS) is 10.9. The summed E-state index contributed by atoms with van der Waals surface area (Å²) in [6.45, 7) is 0.539. The minimum Gasteiger partial charge on any atom is -0.354 e. The number of amides is 1. The Labute approximate surface area is 198 Å². The van der Waals surface area contributed by atoms with Gasteiger partial charge in [0, 0.05) is 61.6 Å². The van der Waals surface area contributed by atoms with Crippen LogP contribution in [0.15, 0.2) is 97.6 Å². The minimum absolute atomic E-state index is 0.0882. The Bertz CT molecular complexity index is 1330. The second-order valence-electron chi connectivity index (χ2n) is 8.11. The highest BCUT2D eigenvalue weighted by molar-refractivity contribution is 5.95. The molecular formula is C28H25N5O. The van der Waals surface area contributed by atoms with Gasteiger partial charge in [0.05, 0.1) is 5.69 Å². The van der Waals surface area contributed by atoms with Gasteiger partial charge in [-0.1, -0.05) is 42.5 Å². The number of carbonyl (C=O) groups excluding carboxylic acids is 1. The maximum atomic E-state index is 12.6. The standard InChI is InChI=1S/C28H25N5O/c1-33-18-17-30-26(33)13-16-31-28(34)23-9-7-21(8-10-23)25-19-24(20-11-14-29-15-12-20)27(32-25)22-5-3-2-4-6-22/h2-12,14-15,17-19,32H,13,16H2,1H3,(H,31,34). The molecule has 6 heteroatoms. The number of pyridine rings is 1. The smallest absolute Gasteiger partial charge is 0.251 e. The molecule has 168 valence electrons. The first-order chi connectivity index (χ1) is 16.7. The minimum atomic E-state index is -0.0882. The summed E-state index contributed by atoms with van der Waals surface area (Å²) in [6.07, 6.45) is 7.96. The number of rotatable bonds is 7. The number of aromatic nitrogens is 4. The summed E-state index contributed by atoms with van der Waals surface area (Å²) in [5.74, 6) is 0.858. The number of benzene rings is 2. The van der Waals surface area contributed by atoms with Crippen molar-refractivity contribution in [1.29, 1.82) is 0 Å². The van der Waals surface area contributed by atoms with Gasteiger partial charge in [-0.15, -0.1) is 0 Å². The van der Waals surface area contributed by atoms with Gasteiger partial charge in [0.1, 0.15) is 5.82 Å². The van der Waals surface area contributed by atoms with Crippen LogP contribution in [0.4, 0.5) is 0 Å². The number of H-pyrrole nitrogens is 1. The van der Waals surface area contributed by atoms with Gasteiger partial charge in [-0.2, -0.15) is 0 Å². The van der Waals surface area contributed by atoms with E-state index in [4.69, 9.17) is 0 Å². The van der Waals surface area contributed by atoms with Crippen molar-refractivity contribution < 1.29 is 4.79 Å². The lowest BCUT2D eigenvalue weighted by atomic mass is 10.0. The van der Waals surface area contributed by atoms with E-state index >= 15 is 0 Å². The molecule has 3 aromatic heterocycles. The Hall–Kier alpha value is -4.45. The number of hydrogen-bond donors (Lipinski definition) is 2. The third-order valence-electron chi connectivity index (χ3n) is 5.88. The molecule has 2 aromatic carbocycles. The maximum Gasteiger partial charge on any atom is 0.251 e. The average Bonchev–Trinajstić information content (AvgIpc) is 3.52. The van der Waals surface area contributed by atoms with Crippen LogP contribution in [0.25, 0.3) is 33.6 Å². The molecule has 5 aromatic rings. The zero-order chi connectivity index (χ0) is 23.3. The van der Waals surface area contributed by atoms with Gasteiger partial charge in [-0.25, -0.2) is 4.98 Å². The molecule has 0 aliphatic heterocycles. The first-order valence-corrected chi connectivity index (χ1v) is 11.2. The van der Waals surface area contributed by atoms with Crippen molar-refractivity contribution in [2.75, 3.05) is 6.54 Å². The molecule has 0 saturated heterocycles. The SMILES string of the molecule is Cn1ccnc1CCNC(=O)c1ccc(-c2cc(-c3ccncc3)c(-c3ccccc3)[nH]2)cc1. The number of nitrogens with zero attached hydrogens (tertiary/aromatic N) is 3. The van der Waals surface area contributed by atoms with Crippen LogP contribution < -0.4 is 5.32 Å². The number of carbonyl (C=O) groups is 1. The van der Waals surface area contributed by atoms with Gasteiger partial charge in [0.25, 0.3) is 5.91 Å². The molecule has 0 unspecified atom stereocenters. The molecule has 34 heavy (non-hydrogen) atoms.